The van der Waals surface area contributed by atoms with Gasteiger partial charge in [0, 0.05) is 29.5 Å². The van der Waals surface area contributed by atoms with E-state index in [1.807, 2.05) is 42.6 Å². The highest BCUT2D eigenvalue weighted by atomic mass is 35.5. The average Bonchev–Trinajstić information content (AvgIpc) is 2.56. The molecule has 5 nitrogen and oxygen atoms in total. The van der Waals surface area contributed by atoms with Gasteiger partial charge < -0.3 is 5.32 Å². The molecule has 0 saturated heterocycles. The molecule has 0 aliphatic rings. The molecule has 0 aliphatic carbocycles. The van der Waals surface area contributed by atoms with Crippen LogP contribution in [0.5, 0.6) is 0 Å². The van der Waals surface area contributed by atoms with Crippen LogP contribution in [0.25, 0.3) is 11.3 Å². The summed E-state index contributed by atoms with van der Waals surface area (Å²) in [4.78, 5) is 8.54. The molecule has 1 N–H and O–H groups in total. The Kier molecular flexibility index (Phi) is 4.56. The van der Waals surface area contributed by atoms with Gasteiger partial charge in [-0.05, 0) is 30.2 Å². The van der Waals surface area contributed by atoms with Gasteiger partial charge in [0.25, 0.3) is 0 Å². The number of hydrogen-bond acceptors (Lipinski definition) is 5. The van der Waals surface area contributed by atoms with Crippen molar-refractivity contribution in [3.63, 3.8) is 0 Å². The first-order chi connectivity index (χ1) is 10.8. The average molecular weight is 312 g/mol. The van der Waals surface area contributed by atoms with Gasteiger partial charge >= 0.3 is 0 Å². The third-order valence-corrected chi connectivity index (χ3v) is 3.33. The van der Waals surface area contributed by atoms with Crippen molar-refractivity contribution < 1.29 is 0 Å². The summed E-state index contributed by atoms with van der Waals surface area (Å²) in [6, 6.07) is 11.5. The first kappa shape index (κ1) is 14.4. The van der Waals surface area contributed by atoms with Gasteiger partial charge in [-0.15, -0.1) is 5.10 Å². The number of benzene rings is 1. The molecule has 22 heavy (non-hydrogen) atoms. The maximum absolute atomic E-state index is 6.00. The molecule has 0 unspecified atom stereocenters. The number of anilines is 1. The molecule has 0 atom stereocenters. The first-order valence-electron chi connectivity index (χ1n) is 6.90. The Hall–Kier alpha value is -2.53. The van der Waals surface area contributed by atoms with Gasteiger partial charge in [-0.3, -0.25) is 4.98 Å². The molecule has 0 aliphatic heterocycles. The van der Waals surface area contributed by atoms with Crippen LogP contribution in [0.4, 0.5) is 5.95 Å². The second-order valence-electron chi connectivity index (χ2n) is 4.71. The van der Waals surface area contributed by atoms with E-state index in [9.17, 15) is 0 Å². The Bertz CT molecular complexity index is 748. The minimum Gasteiger partial charge on any atom is -0.353 e. The summed E-state index contributed by atoms with van der Waals surface area (Å²) in [5, 5.41) is 11.8. The van der Waals surface area contributed by atoms with Crippen LogP contribution in [0.3, 0.4) is 0 Å². The number of nitrogens with zero attached hydrogens (tertiary/aromatic N) is 4. The van der Waals surface area contributed by atoms with Crippen LogP contribution in [0.2, 0.25) is 5.02 Å². The summed E-state index contributed by atoms with van der Waals surface area (Å²) in [6.07, 6.45) is 6.08. The highest BCUT2D eigenvalue weighted by Crippen LogP contribution is 2.20. The van der Waals surface area contributed by atoms with Gasteiger partial charge in [0.2, 0.25) is 5.95 Å². The fourth-order valence-electron chi connectivity index (χ4n) is 2.03. The van der Waals surface area contributed by atoms with E-state index >= 15 is 0 Å². The molecule has 3 aromatic rings. The molecule has 0 bridgehead atoms. The second-order valence-corrected chi connectivity index (χ2v) is 5.15. The molecular weight excluding hydrogens is 298 g/mol. The number of hydrogen-bond donors (Lipinski definition) is 1. The third-order valence-electron chi connectivity index (χ3n) is 3.10. The molecule has 0 saturated carbocycles. The maximum Gasteiger partial charge on any atom is 0.243 e. The molecule has 3 rings (SSSR count). The van der Waals surface area contributed by atoms with Crippen molar-refractivity contribution >= 4 is 17.5 Å². The standard InChI is InChI=1S/C16H14ClN5/c17-14-5-1-4-13(9-14)15-11-20-22-16(21-15)19-8-6-12-3-2-7-18-10-12/h1-5,7,9-11H,6,8H2,(H,19,21,22). The molecule has 0 amide bonds. The zero-order chi connectivity index (χ0) is 15.2. The number of rotatable bonds is 5. The summed E-state index contributed by atoms with van der Waals surface area (Å²) in [6.45, 7) is 0.715. The Morgan fingerprint density at radius 1 is 1.09 bits per heavy atom. The summed E-state index contributed by atoms with van der Waals surface area (Å²) >= 11 is 6.00. The van der Waals surface area contributed by atoms with Crippen LogP contribution in [-0.4, -0.2) is 26.7 Å². The molecule has 0 radical (unpaired) electrons. The minimum absolute atomic E-state index is 0.501. The van der Waals surface area contributed by atoms with Crippen molar-refractivity contribution in [3.8, 4) is 11.3 Å². The van der Waals surface area contributed by atoms with Crippen molar-refractivity contribution in [3.05, 3.63) is 65.6 Å². The molecule has 0 fully saturated rings. The molecule has 0 spiro atoms. The molecule has 110 valence electrons. The quantitative estimate of drug-likeness (QED) is 0.783. The minimum atomic E-state index is 0.501. The smallest absolute Gasteiger partial charge is 0.243 e. The van der Waals surface area contributed by atoms with E-state index in [1.165, 1.54) is 0 Å². The Balaban J connectivity index is 1.66. The lowest BCUT2D eigenvalue weighted by Crippen LogP contribution is -2.09. The van der Waals surface area contributed by atoms with Gasteiger partial charge in [0.1, 0.15) is 0 Å². The van der Waals surface area contributed by atoms with E-state index in [0.717, 1.165) is 23.2 Å². The van der Waals surface area contributed by atoms with Crippen LogP contribution >= 0.6 is 11.6 Å². The van der Waals surface area contributed by atoms with Crippen LogP contribution in [-0.2, 0) is 6.42 Å². The predicted molar refractivity (Wildman–Crippen MR) is 86.7 cm³/mol. The zero-order valence-electron chi connectivity index (χ0n) is 11.8. The molecular formula is C16H14ClN5. The molecule has 1 aromatic carbocycles. The normalized spacial score (nSPS) is 10.4. The van der Waals surface area contributed by atoms with Gasteiger partial charge in [0.05, 0.1) is 11.9 Å². The van der Waals surface area contributed by atoms with E-state index in [2.05, 4.69) is 25.5 Å². The van der Waals surface area contributed by atoms with Crippen molar-refractivity contribution in [2.24, 2.45) is 0 Å². The fraction of sp³-hybridized carbons (Fsp3) is 0.125. The fourth-order valence-corrected chi connectivity index (χ4v) is 2.22. The van der Waals surface area contributed by atoms with Crippen LogP contribution in [0.15, 0.2) is 55.0 Å². The monoisotopic (exact) mass is 311 g/mol. The number of halogens is 1. The van der Waals surface area contributed by atoms with E-state index in [0.29, 0.717) is 17.5 Å². The van der Waals surface area contributed by atoms with Crippen LogP contribution in [0.1, 0.15) is 5.56 Å². The number of pyridine rings is 1. The van der Waals surface area contributed by atoms with Crippen LogP contribution in [0, 0.1) is 0 Å². The SMILES string of the molecule is Clc1cccc(-c2cnnc(NCCc3cccnc3)n2)c1. The van der Waals surface area contributed by atoms with Crippen LogP contribution < -0.4 is 5.32 Å². The first-order valence-corrected chi connectivity index (χ1v) is 7.27. The van der Waals surface area contributed by atoms with Crippen molar-refractivity contribution in [2.45, 2.75) is 6.42 Å². The van der Waals surface area contributed by atoms with Gasteiger partial charge in [0.15, 0.2) is 0 Å². The highest BCUT2D eigenvalue weighted by Gasteiger charge is 2.04. The lowest BCUT2D eigenvalue weighted by molar-refractivity contribution is 0.926. The Morgan fingerprint density at radius 3 is 2.86 bits per heavy atom. The number of nitrogens with one attached hydrogen (secondary N) is 1. The lowest BCUT2D eigenvalue weighted by atomic mass is 10.2. The topological polar surface area (TPSA) is 63.6 Å². The third kappa shape index (κ3) is 3.77. The summed E-state index contributed by atoms with van der Waals surface area (Å²) in [5.74, 6) is 0.501. The Labute approximate surface area is 133 Å². The largest absolute Gasteiger partial charge is 0.353 e. The summed E-state index contributed by atoms with van der Waals surface area (Å²) < 4.78 is 0. The van der Waals surface area contributed by atoms with Crippen molar-refractivity contribution in [1.82, 2.24) is 20.2 Å². The second kappa shape index (κ2) is 6.95. The van der Waals surface area contributed by atoms with E-state index in [-0.39, 0.29) is 0 Å². The van der Waals surface area contributed by atoms with Gasteiger partial charge in [-0.25, -0.2) is 4.98 Å². The summed E-state index contributed by atoms with van der Waals surface area (Å²) in [5.41, 5.74) is 2.81. The lowest BCUT2D eigenvalue weighted by Gasteiger charge is -2.06. The number of aromatic nitrogens is 4. The molecule has 2 aromatic heterocycles. The van der Waals surface area contributed by atoms with Crippen molar-refractivity contribution in [1.29, 1.82) is 0 Å². The maximum atomic E-state index is 6.00. The van der Waals surface area contributed by atoms with Gasteiger partial charge in [-0.1, -0.05) is 29.8 Å². The summed E-state index contributed by atoms with van der Waals surface area (Å²) in [7, 11) is 0. The van der Waals surface area contributed by atoms with Gasteiger partial charge in [-0.2, -0.15) is 5.10 Å². The highest BCUT2D eigenvalue weighted by molar-refractivity contribution is 6.30. The van der Waals surface area contributed by atoms with E-state index < -0.39 is 0 Å². The Morgan fingerprint density at radius 2 is 2.05 bits per heavy atom. The predicted octanol–water partition coefficient (Wildman–Crippen LogP) is 3.24. The zero-order valence-corrected chi connectivity index (χ0v) is 12.5. The van der Waals surface area contributed by atoms with E-state index in [1.54, 1.807) is 12.4 Å². The van der Waals surface area contributed by atoms with Crippen molar-refractivity contribution in [2.75, 3.05) is 11.9 Å². The molecule has 2 heterocycles. The van der Waals surface area contributed by atoms with E-state index in [4.69, 9.17) is 11.6 Å². The molecule has 6 heteroatoms.